The Morgan fingerprint density at radius 1 is 1.09 bits per heavy atom. The lowest BCUT2D eigenvalue weighted by Gasteiger charge is -2.47. The van der Waals surface area contributed by atoms with Gasteiger partial charge in [0.05, 0.1) is 0 Å². The van der Waals surface area contributed by atoms with Crippen molar-refractivity contribution in [2.75, 3.05) is 39.3 Å². The van der Waals surface area contributed by atoms with Gasteiger partial charge >= 0.3 is 6.18 Å². The molecular formula is C17H24F3N3. The summed E-state index contributed by atoms with van der Waals surface area (Å²) in [7, 11) is 0. The second-order valence-electron chi connectivity index (χ2n) is 6.52. The first-order chi connectivity index (χ1) is 11.0. The lowest BCUT2D eigenvalue weighted by molar-refractivity contribution is -0.158. The Balaban J connectivity index is 1.52. The zero-order valence-electron chi connectivity index (χ0n) is 13.2. The number of alkyl halides is 3. The lowest BCUT2D eigenvalue weighted by Crippen LogP contribution is -2.64. The smallest absolute Gasteiger partial charge is 0.305 e. The number of benzene rings is 1. The van der Waals surface area contributed by atoms with Crippen LogP contribution in [0.15, 0.2) is 30.3 Å². The summed E-state index contributed by atoms with van der Waals surface area (Å²) in [4.78, 5) is 4.66. The molecule has 0 radical (unpaired) electrons. The summed E-state index contributed by atoms with van der Waals surface area (Å²) in [6, 6.07) is 8.15. The van der Waals surface area contributed by atoms with Crippen LogP contribution >= 0.6 is 0 Å². The van der Waals surface area contributed by atoms with Gasteiger partial charge in [0.25, 0.3) is 0 Å². The van der Waals surface area contributed by atoms with Gasteiger partial charge in [-0.2, -0.15) is 13.2 Å². The van der Waals surface area contributed by atoms with Gasteiger partial charge in [0.1, 0.15) is 6.04 Å². The van der Waals surface area contributed by atoms with Gasteiger partial charge in [-0.15, -0.1) is 0 Å². The normalized spacial score (nSPS) is 28.7. The molecule has 23 heavy (non-hydrogen) atoms. The summed E-state index contributed by atoms with van der Waals surface area (Å²) in [5.41, 5.74) is 0.954. The van der Waals surface area contributed by atoms with E-state index >= 15 is 0 Å². The maximum atomic E-state index is 13.3. The zero-order chi connectivity index (χ0) is 16.3. The van der Waals surface area contributed by atoms with Gasteiger partial charge < -0.3 is 5.32 Å². The first-order valence-corrected chi connectivity index (χ1v) is 8.33. The van der Waals surface area contributed by atoms with E-state index in [1.165, 1.54) is 0 Å². The number of fused-ring (bicyclic) bond motifs is 3. The molecule has 2 atom stereocenters. The Hall–Kier alpha value is -1.11. The van der Waals surface area contributed by atoms with Crippen LogP contribution in [0.2, 0.25) is 0 Å². The number of aryl methyl sites for hydroxylation is 1. The van der Waals surface area contributed by atoms with E-state index < -0.39 is 12.2 Å². The molecule has 3 heterocycles. The van der Waals surface area contributed by atoms with E-state index in [0.29, 0.717) is 13.0 Å². The molecular weight excluding hydrogens is 303 g/mol. The lowest BCUT2D eigenvalue weighted by atomic mass is 10.0. The predicted octanol–water partition coefficient (Wildman–Crippen LogP) is 2.14. The third-order valence-corrected chi connectivity index (χ3v) is 4.95. The van der Waals surface area contributed by atoms with Gasteiger partial charge in [-0.05, 0) is 18.4 Å². The molecule has 0 aromatic heterocycles. The van der Waals surface area contributed by atoms with Crippen LogP contribution in [-0.2, 0) is 6.42 Å². The first kappa shape index (κ1) is 16.7. The highest BCUT2D eigenvalue weighted by Crippen LogP contribution is 2.24. The van der Waals surface area contributed by atoms with Gasteiger partial charge in [-0.1, -0.05) is 30.3 Å². The monoisotopic (exact) mass is 327 g/mol. The van der Waals surface area contributed by atoms with Crippen LogP contribution in [0, 0.1) is 0 Å². The minimum atomic E-state index is -4.20. The molecule has 3 fully saturated rings. The van der Waals surface area contributed by atoms with Gasteiger partial charge in [-0.25, -0.2) is 0 Å². The molecule has 1 N–H and O–H groups in total. The van der Waals surface area contributed by atoms with E-state index in [-0.39, 0.29) is 12.5 Å². The number of halogens is 3. The molecule has 3 aliphatic rings. The quantitative estimate of drug-likeness (QED) is 0.864. The molecule has 3 saturated heterocycles. The number of nitrogens with one attached hydrogen (secondary N) is 1. The SMILES string of the molecule is FC(F)(F)C(CCc1ccccc1)NCC1CN2CCN1CC2. The van der Waals surface area contributed by atoms with Crippen molar-refractivity contribution in [2.24, 2.45) is 0 Å². The van der Waals surface area contributed by atoms with Crippen molar-refractivity contribution in [1.29, 1.82) is 0 Å². The molecule has 3 aliphatic heterocycles. The van der Waals surface area contributed by atoms with E-state index in [1.54, 1.807) is 0 Å². The Labute approximate surface area is 135 Å². The topological polar surface area (TPSA) is 18.5 Å². The van der Waals surface area contributed by atoms with E-state index in [0.717, 1.165) is 38.3 Å². The van der Waals surface area contributed by atoms with Gasteiger partial charge in [0.15, 0.2) is 0 Å². The second-order valence-corrected chi connectivity index (χ2v) is 6.52. The highest BCUT2D eigenvalue weighted by atomic mass is 19.4. The average Bonchev–Trinajstić information content (AvgIpc) is 2.55. The van der Waals surface area contributed by atoms with Crippen LogP contribution in [0.1, 0.15) is 12.0 Å². The highest BCUT2D eigenvalue weighted by Gasteiger charge is 2.40. The Bertz CT molecular complexity index is 484. The summed E-state index contributed by atoms with van der Waals surface area (Å²) in [6.07, 6.45) is -3.67. The molecule has 128 valence electrons. The molecule has 1 aromatic carbocycles. The molecule has 3 nitrogen and oxygen atoms in total. The van der Waals surface area contributed by atoms with E-state index in [2.05, 4.69) is 15.1 Å². The van der Waals surface area contributed by atoms with E-state index in [4.69, 9.17) is 0 Å². The van der Waals surface area contributed by atoms with Crippen molar-refractivity contribution in [2.45, 2.75) is 31.1 Å². The molecule has 2 unspecified atom stereocenters. The fourth-order valence-electron chi connectivity index (χ4n) is 3.53. The number of nitrogens with zero attached hydrogens (tertiary/aromatic N) is 2. The van der Waals surface area contributed by atoms with Crippen LogP contribution in [0.25, 0.3) is 0 Å². The second kappa shape index (κ2) is 7.20. The maximum absolute atomic E-state index is 13.3. The van der Waals surface area contributed by atoms with Gasteiger partial charge in [0.2, 0.25) is 0 Å². The minimum Gasteiger partial charge on any atom is -0.305 e. The Morgan fingerprint density at radius 3 is 2.35 bits per heavy atom. The first-order valence-electron chi connectivity index (χ1n) is 8.33. The van der Waals surface area contributed by atoms with Crippen molar-refractivity contribution in [1.82, 2.24) is 15.1 Å². The van der Waals surface area contributed by atoms with Crippen molar-refractivity contribution in [3.8, 4) is 0 Å². The number of piperazine rings is 3. The molecule has 0 amide bonds. The number of rotatable bonds is 6. The summed E-state index contributed by atoms with van der Waals surface area (Å²) in [5.74, 6) is 0. The van der Waals surface area contributed by atoms with Gasteiger partial charge in [0, 0.05) is 45.3 Å². The molecule has 0 spiro atoms. The third-order valence-electron chi connectivity index (χ3n) is 4.95. The largest absolute Gasteiger partial charge is 0.403 e. The summed E-state index contributed by atoms with van der Waals surface area (Å²) in [6.45, 7) is 5.35. The summed E-state index contributed by atoms with van der Waals surface area (Å²) in [5, 5.41) is 2.79. The molecule has 4 rings (SSSR count). The van der Waals surface area contributed by atoms with Crippen LogP contribution < -0.4 is 5.32 Å². The van der Waals surface area contributed by atoms with Crippen LogP contribution in [-0.4, -0.2) is 67.3 Å². The fraction of sp³-hybridized carbons (Fsp3) is 0.647. The predicted molar refractivity (Wildman–Crippen MR) is 84.4 cm³/mol. The average molecular weight is 327 g/mol. The van der Waals surface area contributed by atoms with Crippen molar-refractivity contribution < 1.29 is 13.2 Å². The fourth-order valence-corrected chi connectivity index (χ4v) is 3.53. The van der Waals surface area contributed by atoms with E-state index in [9.17, 15) is 13.2 Å². The van der Waals surface area contributed by atoms with Crippen molar-refractivity contribution in [3.05, 3.63) is 35.9 Å². The standard InChI is InChI=1S/C17H24F3N3/c18-17(19,20)16(7-6-14-4-2-1-3-5-14)21-12-15-13-22-8-10-23(15)11-9-22/h1-5,15-16,21H,6-13H2. The van der Waals surface area contributed by atoms with Crippen LogP contribution in [0.5, 0.6) is 0 Å². The minimum absolute atomic E-state index is 0.0872. The Kier molecular flexibility index (Phi) is 5.24. The molecule has 2 bridgehead atoms. The maximum Gasteiger partial charge on any atom is 0.403 e. The summed E-state index contributed by atoms with van der Waals surface area (Å²) < 4.78 is 39.8. The van der Waals surface area contributed by atoms with Crippen LogP contribution in [0.3, 0.4) is 0 Å². The third kappa shape index (κ3) is 4.46. The number of hydrogen-bond donors (Lipinski definition) is 1. The summed E-state index contributed by atoms with van der Waals surface area (Å²) >= 11 is 0. The van der Waals surface area contributed by atoms with Gasteiger partial charge in [-0.3, -0.25) is 9.80 Å². The van der Waals surface area contributed by atoms with E-state index in [1.807, 2.05) is 30.3 Å². The molecule has 1 aromatic rings. The Morgan fingerprint density at radius 2 is 1.78 bits per heavy atom. The van der Waals surface area contributed by atoms with Crippen molar-refractivity contribution in [3.63, 3.8) is 0 Å². The molecule has 0 saturated carbocycles. The number of hydrogen-bond acceptors (Lipinski definition) is 3. The molecule has 6 heteroatoms. The highest BCUT2D eigenvalue weighted by molar-refractivity contribution is 5.14. The zero-order valence-corrected chi connectivity index (χ0v) is 13.2. The molecule has 0 aliphatic carbocycles. The van der Waals surface area contributed by atoms with Crippen LogP contribution in [0.4, 0.5) is 13.2 Å². The van der Waals surface area contributed by atoms with Crippen molar-refractivity contribution >= 4 is 0 Å².